The minimum absolute atomic E-state index is 0.0722. The number of nitrogens with zero attached hydrogens (tertiary/aromatic N) is 2. The molecule has 1 amide bonds. The predicted octanol–water partition coefficient (Wildman–Crippen LogP) is 2.68. The Morgan fingerprint density at radius 2 is 1.88 bits per heavy atom. The molecule has 2 aromatic rings. The molecule has 0 bridgehead atoms. The Morgan fingerprint density at radius 3 is 2.48 bits per heavy atom. The molecule has 0 saturated heterocycles. The van der Waals surface area contributed by atoms with Crippen LogP contribution in [0.2, 0.25) is 0 Å². The van der Waals surface area contributed by atoms with E-state index in [1.54, 1.807) is 12.1 Å². The number of rotatable bonds is 6. The molecular formula is C17H17N3O5. The molecule has 0 aliphatic rings. The van der Waals surface area contributed by atoms with Gasteiger partial charge in [0.25, 0.3) is 5.91 Å². The Balaban J connectivity index is 2.25. The summed E-state index contributed by atoms with van der Waals surface area (Å²) < 4.78 is 10.2. The third-order valence-electron chi connectivity index (χ3n) is 3.49. The standard InChI is InChI=1S/C17H17N3O5/c1-11-6-4-5-7-13(11)17(21)19-18-10-12-8-14(20(22)23)16(25-3)9-15(12)24-2/h4-10H,1-3H3,(H,19,21)/b18-10-. The summed E-state index contributed by atoms with van der Waals surface area (Å²) >= 11 is 0. The maximum absolute atomic E-state index is 12.1. The summed E-state index contributed by atoms with van der Waals surface area (Å²) in [6, 6.07) is 9.73. The van der Waals surface area contributed by atoms with Gasteiger partial charge in [-0.1, -0.05) is 18.2 Å². The highest BCUT2D eigenvalue weighted by Crippen LogP contribution is 2.33. The molecule has 0 saturated carbocycles. The average molecular weight is 343 g/mol. The highest BCUT2D eigenvalue weighted by molar-refractivity contribution is 5.96. The molecule has 8 heteroatoms. The topological polar surface area (TPSA) is 103 Å². The van der Waals surface area contributed by atoms with Gasteiger partial charge in [-0.15, -0.1) is 0 Å². The van der Waals surface area contributed by atoms with E-state index in [9.17, 15) is 14.9 Å². The molecule has 0 spiro atoms. The first-order valence-electron chi connectivity index (χ1n) is 7.27. The van der Waals surface area contributed by atoms with Gasteiger partial charge >= 0.3 is 5.69 Å². The van der Waals surface area contributed by atoms with E-state index in [4.69, 9.17) is 9.47 Å². The summed E-state index contributed by atoms with van der Waals surface area (Å²) in [6.45, 7) is 1.81. The molecule has 0 aliphatic carbocycles. The van der Waals surface area contributed by atoms with Crippen LogP contribution in [0, 0.1) is 17.0 Å². The van der Waals surface area contributed by atoms with Crippen molar-refractivity contribution in [2.75, 3.05) is 14.2 Å². The second-order valence-electron chi connectivity index (χ2n) is 5.04. The van der Waals surface area contributed by atoms with E-state index in [2.05, 4.69) is 10.5 Å². The van der Waals surface area contributed by atoms with E-state index in [-0.39, 0.29) is 17.3 Å². The zero-order chi connectivity index (χ0) is 18.4. The smallest absolute Gasteiger partial charge is 0.311 e. The number of hydrogen-bond acceptors (Lipinski definition) is 6. The largest absolute Gasteiger partial charge is 0.496 e. The molecular weight excluding hydrogens is 326 g/mol. The lowest BCUT2D eigenvalue weighted by Crippen LogP contribution is -2.18. The fourth-order valence-electron chi connectivity index (χ4n) is 2.20. The maximum Gasteiger partial charge on any atom is 0.311 e. The van der Waals surface area contributed by atoms with Gasteiger partial charge in [-0.3, -0.25) is 14.9 Å². The molecule has 0 radical (unpaired) electrons. The van der Waals surface area contributed by atoms with Crippen molar-refractivity contribution >= 4 is 17.8 Å². The number of nitro benzene ring substituents is 1. The predicted molar refractivity (Wildman–Crippen MR) is 92.4 cm³/mol. The molecule has 0 heterocycles. The normalized spacial score (nSPS) is 10.5. The minimum atomic E-state index is -0.568. The van der Waals surface area contributed by atoms with Crippen LogP contribution in [0.1, 0.15) is 21.5 Å². The molecule has 2 rings (SSSR count). The number of carbonyl (C=O) groups is 1. The zero-order valence-corrected chi connectivity index (χ0v) is 14.0. The lowest BCUT2D eigenvalue weighted by atomic mass is 10.1. The summed E-state index contributed by atoms with van der Waals surface area (Å²) in [4.78, 5) is 22.6. The fourth-order valence-corrected chi connectivity index (χ4v) is 2.20. The first-order chi connectivity index (χ1) is 12.0. The summed E-state index contributed by atoms with van der Waals surface area (Å²) in [5.74, 6) is 0.0237. The van der Waals surface area contributed by atoms with Crippen LogP contribution >= 0.6 is 0 Å². The van der Waals surface area contributed by atoms with Crippen LogP contribution < -0.4 is 14.9 Å². The van der Waals surface area contributed by atoms with Crippen LogP contribution in [-0.4, -0.2) is 31.3 Å². The van der Waals surface area contributed by atoms with E-state index >= 15 is 0 Å². The van der Waals surface area contributed by atoms with Gasteiger partial charge in [0.05, 0.1) is 25.4 Å². The molecule has 0 fully saturated rings. The number of hydrogen-bond donors (Lipinski definition) is 1. The van der Waals surface area contributed by atoms with Crippen molar-refractivity contribution in [2.45, 2.75) is 6.92 Å². The summed E-state index contributed by atoms with van der Waals surface area (Å²) in [5.41, 5.74) is 3.80. The number of carbonyl (C=O) groups excluding carboxylic acids is 1. The van der Waals surface area contributed by atoms with Crippen LogP contribution in [0.15, 0.2) is 41.5 Å². The van der Waals surface area contributed by atoms with Gasteiger partial charge in [-0.25, -0.2) is 5.43 Å². The molecule has 0 aromatic heterocycles. The highest BCUT2D eigenvalue weighted by Gasteiger charge is 2.19. The number of nitrogens with one attached hydrogen (secondary N) is 1. The van der Waals surface area contributed by atoms with E-state index in [1.807, 2.05) is 19.1 Å². The van der Waals surface area contributed by atoms with Crippen LogP contribution in [-0.2, 0) is 0 Å². The van der Waals surface area contributed by atoms with Crippen molar-refractivity contribution in [3.8, 4) is 11.5 Å². The van der Waals surface area contributed by atoms with Crippen molar-refractivity contribution in [3.05, 3.63) is 63.2 Å². The molecule has 1 N–H and O–H groups in total. The molecule has 0 atom stereocenters. The minimum Gasteiger partial charge on any atom is -0.496 e. The Bertz CT molecular complexity index is 833. The monoisotopic (exact) mass is 343 g/mol. The molecule has 2 aromatic carbocycles. The van der Waals surface area contributed by atoms with Gasteiger partial charge in [-0.2, -0.15) is 5.10 Å². The van der Waals surface area contributed by atoms with Crippen molar-refractivity contribution in [2.24, 2.45) is 5.10 Å². The number of aryl methyl sites for hydroxylation is 1. The van der Waals surface area contributed by atoms with Gasteiger partial charge < -0.3 is 9.47 Å². The van der Waals surface area contributed by atoms with Crippen molar-refractivity contribution < 1.29 is 19.2 Å². The van der Waals surface area contributed by atoms with E-state index < -0.39 is 4.92 Å². The number of benzene rings is 2. The van der Waals surface area contributed by atoms with Gasteiger partial charge in [0.15, 0.2) is 0 Å². The van der Waals surface area contributed by atoms with Gasteiger partial charge in [-0.05, 0) is 18.6 Å². The van der Waals surface area contributed by atoms with Crippen LogP contribution in [0.4, 0.5) is 5.69 Å². The zero-order valence-electron chi connectivity index (χ0n) is 14.0. The van der Waals surface area contributed by atoms with E-state index in [1.165, 1.54) is 32.6 Å². The van der Waals surface area contributed by atoms with Gasteiger partial charge in [0.1, 0.15) is 5.75 Å². The second-order valence-corrected chi connectivity index (χ2v) is 5.04. The SMILES string of the molecule is COc1cc(OC)c([N+](=O)[O-])cc1/C=N\NC(=O)c1ccccc1C. The van der Waals surface area contributed by atoms with Crippen molar-refractivity contribution in [1.29, 1.82) is 0 Å². The third kappa shape index (κ3) is 4.11. The highest BCUT2D eigenvalue weighted by atomic mass is 16.6. The molecule has 0 unspecified atom stereocenters. The Labute approximate surface area is 144 Å². The molecule has 25 heavy (non-hydrogen) atoms. The Kier molecular flexibility index (Phi) is 5.67. The second kappa shape index (κ2) is 7.91. The van der Waals surface area contributed by atoms with Gasteiger partial charge in [0.2, 0.25) is 5.75 Å². The Morgan fingerprint density at radius 1 is 1.20 bits per heavy atom. The maximum atomic E-state index is 12.1. The van der Waals surface area contributed by atoms with E-state index in [0.717, 1.165) is 5.56 Å². The van der Waals surface area contributed by atoms with Crippen molar-refractivity contribution in [1.82, 2.24) is 5.43 Å². The summed E-state index contributed by atoms with van der Waals surface area (Å²) in [7, 11) is 2.75. The van der Waals surface area contributed by atoms with E-state index in [0.29, 0.717) is 16.9 Å². The number of methoxy groups -OCH3 is 2. The summed E-state index contributed by atoms with van der Waals surface area (Å²) in [6.07, 6.45) is 1.28. The van der Waals surface area contributed by atoms with Crippen LogP contribution in [0.5, 0.6) is 11.5 Å². The fraction of sp³-hybridized carbons (Fsp3) is 0.176. The molecule has 130 valence electrons. The van der Waals surface area contributed by atoms with Crippen LogP contribution in [0.3, 0.4) is 0 Å². The quantitative estimate of drug-likeness (QED) is 0.493. The first-order valence-corrected chi connectivity index (χ1v) is 7.27. The number of ether oxygens (including phenoxy) is 2. The average Bonchev–Trinajstić information content (AvgIpc) is 2.61. The Hall–Kier alpha value is -3.42. The molecule has 8 nitrogen and oxygen atoms in total. The first kappa shape index (κ1) is 17.9. The molecule has 0 aliphatic heterocycles. The number of nitro groups is 1. The van der Waals surface area contributed by atoms with Crippen LogP contribution in [0.25, 0.3) is 0 Å². The third-order valence-corrected chi connectivity index (χ3v) is 3.49. The van der Waals surface area contributed by atoms with Crippen molar-refractivity contribution in [3.63, 3.8) is 0 Å². The number of hydrazone groups is 1. The summed E-state index contributed by atoms with van der Waals surface area (Å²) in [5, 5.41) is 15.0. The lowest BCUT2D eigenvalue weighted by molar-refractivity contribution is -0.385. The van der Waals surface area contributed by atoms with Gasteiger partial charge in [0, 0.05) is 23.3 Å². The number of amides is 1. The lowest BCUT2D eigenvalue weighted by Gasteiger charge is -2.08.